The summed E-state index contributed by atoms with van der Waals surface area (Å²) in [6.45, 7) is 15.5. The molecule has 60 heavy (non-hydrogen) atoms. The number of methoxy groups -OCH3 is 1. The molecule has 5 nitrogen and oxygen atoms in total. The third kappa shape index (κ3) is 6.14. The normalized spacial score (nSPS) is 20.6. The molecule has 1 unspecified atom stereocenters. The quantitative estimate of drug-likeness (QED) is 0.168. The van der Waals surface area contributed by atoms with Crippen LogP contribution in [0.5, 0.6) is 11.5 Å². The summed E-state index contributed by atoms with van der Waals surface area (Å²) in [5.74, 6) is 1.79. The van der Waals surface area contributed by atoms with E-state index in [2.05, 4.69) is 180 Å². The van der Waals surface area contributed by atoms with E-state index in [0.29, 0.717) is 0 Å². The van der Waals surface area contributed by atoms with Gasteiger partial charge in [0.15, 0.2) is 5.60 Å². The second-order valence-electron chi connectivity index (χ2n) is 19.7. The molecule has 306 valence electrons. The van der Waals surface area contributed by atoms with Gasteiger partial charge >= 0.3 is 0 Å². The first-order chi connectivity index (χ1) is 28.8. The first-order valence-corrected chi connectivity index (χ1v) is 21.8. The van der Waals surface area contributed by atoms with Crippen molar-refractivity contribution in [1.29, 1.82) is 0 Å². The van der Waals surface area contributed by atoms with Gasteiger partial charge in [0.25, 0.3) is 0 Å². The van der Waals surface area contributed by atoms with E-state index in [1.54, 1.807) is 7.11 Å². The van der Waals surface area contributed by atoms with Gasteiger partial charge in [0, 0.05) is 66.1 Å². The van der Waals surface area contributed by atoms with Crippen LogP contribution in [0.3, 0.4) is 0 Å². The number of hydrogen-bond acceptors (Lipinski definition) is 5. The number of nitrogens with zero attached hydrogens (tertiary/aromatic N) is 2. The van der Waals surface area contributed by atoms with Crippen molar-refractivity contribution in [2.75, 3.05) is 57.3 Å². The summed E-state index contributed by atoms with van der Waals surface area (Å²) < 4.78 is 19.3. The maximum atomic E-state index is 7.91. The van der Waals surface area contributed by atoms with Crippen LogP contribution in [0.1, 0.15) is 80.3 Å². The zero-order chi connectivity index (χ0) is 41.6. The maximum absolute atomic E-state index is 7.91. The molecular formula is C55H58N2O3. The lowest BCUT2D eigenvalue weighted by molar-refractivity contribution is 0.0642. The Hall–Kier alpha value is -5.52. The predicted molar refractivity (Wildman–Crippen MR) is 249 cm³/mol. The Labute approximate surface area is 356 Å². The predicted octanol–water partition coefficient (Wildman–Crippen LogP) is 12.6. The van der Waals surface area contributed by atoms with Crippen molar-refractivity contribution in [2.45, 2.75) is 64.9 Å². The summed E-state index contributed by atoms with van der Waals surface area (Å²) in [6, 6.07) is 40.7. The van der Waals surface area contributed by atoms with Gasteiger partial charge in [-0.05, 0) is 136 Å². The fourth-order valence-electron chi connectivity index (χ4n) is 12.1. The molecule has 2 aliphatic carbocycles. The number of aryl methyl sites for hydroxylation is 1. The average Bonchev–Trinajstić information content (AvgIpc) is 3.50. The summed E-state index contributed by atoms with van der Waals surface area (Å²) in [7, 11) is 5.96. The van der Waals surface area contributed by atoms with Crippen molar-refractivity contribution >= 4 is 28.2 Å². The molecule has 2 heterocycles. The zero-order valence-electron chi connectivity index (χ0n) is 36.6. The second kappa shape index (κ2) is 14.0. The fraction of sp³-hybridized carbons (Fsp3) is 0.345. The molecule has 4 aliphatic rings. The SMILES string of the molecule is COc1ccc(C2(c3ccc(N4CCOCC4)cc3)C=Cc3c4c(c5cc(-c6cccc(N(C)C)c6)c(C)cc5c3O2)-c2ccccc2C42CC(C)(C)CC(C)(C)C2)cc1. The Morgan fingerprint density at radius 1 is 0.700 bits per heavy atom. The maximum Gasteiger partial charge on any atom is 0.178 e. The average molecular weight is 795 g/mol. The molecule has 0 N–H and O–H groups in total. The number of hydrogen-bond donors (Lipinski definition) is 0. The minimum Gasteiger partial charge on any atom is -0.497 e. The lowest BCUT2D eigenvalue weighted by atomic mass is 9.52. The first kappa shape index (κ1) is 38.7. The molecule has 2 aliphatic heterocycles. The van der Waals surface area contributed by atoms with E-state index in [0.717, 1.165) is 67.2 Å². The minimum atomic E-state index is -0.889. The molecule has 5 heteroatoms. The van der Waals surface area contributed by atoms with Crippen molar-refractivity contribution in [3.63, 3.8) is 0 Å². The van der Waals surface area contributed by atoms with Crippen LogP contribution in [0, 0.1) is 17.8 Å². The minimum absolute atomic E-state index is 0.137. The Balaban J connectivity index is 1.27. The number of rotatable bonds is 6. The van der Waals surface area contributed by atoms with Gasteiger partial charge in [-0.25, -0.2) is 0 Å². The van der Waals surface area contributed by atoms with Crippen molar-refractivity contribution in [3.05, 3.63) is 149 Å². The highest BCUT2D eigenvalue weighted by Crippen LogP contribution is 2.67. The third-order valence-corrected chi connectivity index (χ3v) is 14.0. The highest BCUT2D eigenvalue weighted by molar-refractivity contribution is 6.10. The molecule has 1 saturated carbocycles. The van der Waals surface area contributed by atoms with Gasteiger partial charge < -0.3 is 24.0 Å². The van der Waals surface area contributed by atoms with Crippen LogP contribution in [0.25, 0.3) is 39.1 Å². The van der Waals surface area contributed by atoms with Crippen molar-refractivity contribution in [3.8, 4) is 33.8 Å². The molecule has 0 amide bonds. The van der Waals surface area contributed by atoms with E-state index >= 15 is 0 Å². The second-order valence-corrected chi connectivity index (χ2v) is 19.7. The van der Waals surface area contributed by atoms with Crippen LogP contribution in [0.4, 0.5) is 11.4 Å². The molecule has 10 rings (SSSR count). The Morgan fingerprint density at radius 3 is 2.07 bits per heavy atom. The van der Waals surface area contributed by atoms with Gasteiger partial charge in [-0.2, -0.15) is 0 Å². The smallest absolute Gasteiger partial charge is 0.178 e. The monoisotopic (exact) mass is 794 g/mol. The highest BCUT2D eigenvalue weighted by atomic mass is 16.5. The van der Waals surface area contributed by atoms with E-state index < -0.39 is 5.60 Å². The summed E-state index contributed by atoms with van der Waals surface area (Å²) in [5, 5.41) is 2.41. The van der Waals surface area contributed by atoms with Gasteiger partial charge in [0.05, 0.1) is 20.3 Å². The van der Waals surface area contributed by atoms with E-state index in [4.69, 9.17) is 14.2 Å². The van der Waals surface area contributed by atoms with Crippen LogP contribution >= 0.6 is 0 Å². The fourth-order valence-corrected chi connectivity index (χ4v) is 12.1. The molecular weight excluding hydrogens is 737 g/mol. The Bertz CT molecular complexity index is 2650. The Kier molecular flexibility index (Phi) is 9.04. The first-order valence-electron chi connectivity index (χ1n) is 21.8. The number of benzene rings is 6. The van der Waals surface area contributed by atoms with Crippen LogP contribution in [0.15, 0.2) is 115 Å². The molecule has 0 radical (unpaired) electrons. The van der Waals surface area contributed by atoms with Crippen molar-refractivity contribution in [1.82, 2.24) is 0 Å². The molecule has 0 aromatic heterocycles. The zero-order valence-corrected chi connectivity index (χ0v) is 36.6. The number of ether oxygens (including phenoxy) is 3. The molecule has 1 atom stereocenters. The van der Waals surface area contributed by atoms with Crippen LogP contribution in [0.2, 0.25) is 0 Å². The largest absolute Gasteiger partial charge is 0.497 e. The van der Waals surface area contributed by atoms with E-state index in [1.165, 1.54) is 67.7 Å². The van der Waals surface area contributed by atoms with Gasteiger partial charge in [0.1, 0.15) is 11.5 Å². The molecule has 1 saturated heterocycles. The topological polar surface area (TPSA) is 34.2 Å². The highest BCUT2D eigenvalue weighted by Gasteiger charge is 2.55. The van der Waals surface area contributed by atoms with Gasteiger partial charge in [-0.3, -0.25) is 0 Å². The number of anilines is 2. The van der Waals surface area contributed by atoms with Crippen molar-refractivity contribution in [2.24, 2.45) is 10.8 Å². The van der Waals surface area contributed by atoms with E-state index in [-0.39, 0.29) is 16.2 Å². The van der Waals surface area contributed by atoms with Crippen LogP contribution in [-0.4, -0.2) is 47.5 Å². The molecule has 6 aromatic rings. The number of morpholine rings is 1. The lowest BCUT2D eigenvalue weighted by Gasteiger charge is -2.52. The molecule has 1 spiro atoms. The van der Waals surface area contributed by atoms with Gasteiger partial charge in [-0.1, -0.05) is 94.4 Å². The molecule has 0 bridgehead atoms. The Morgan fingerprint density at radius 2 is 1.38 bits per heavy atom. The molecule has 6 aromatic carbocycles. The van der Waals surface area contributed by atoms with Gasteiger partial charge in [0.2, 0.25) is 0 Å². The van der Waals surface area contributed by atoms with Crippen LogP contribution in [-0.2, 0) is 15.8 Å². The third-order valence-electron chi connectivity index (χ3n) is 14.0. The number of fused-ring (bicyclic) bond motifs is 10. The van der Waals surface area contributed by atoms with Crippen molar-refractivity contribution < 1.29 is 14.2 Å². The summed E-state index contributed by atoms with van der Waals surface area (Å²) in [6.07, 6.45) is 8.12. The van der Waals surface area contributed by atoms with Crippen LogP contribution < -0.4 is 19.3 Å². The molecule has 2 fully saturated rings. The standard InChI is InChI=1S/C55H58N2O3/c1-36-30-47-46(32-45(36)37-12-11-13-41(31-37)56(6)7)49-43-14-9-10-15-48(43)54(34-52(2,3)33-53(4,5)35-54)50(49)44-24-25-55(60-51(44)47,39-18-22-42(58-8)23-19-39)38-16-20-40(21-17-38)57-26-28-59-29-27-57/h9-25,30-32H,26-29,33-35H2,1-8H3. The lowest BCUT2D eigenvalue weighted by Crippen LogP contribution is -2.44. The summed E-state index contributed by atoms with van der Waals surface area (Å²) in [5.41, 5.74) is 14.3. The van der Waals surface area contributed by atoms with E-state index in [1.807, 2.05) is 0 Å². The van der Waals surface area contributed by atoms with Gasteiger partial charge in [-0.15, -0.1) is 0 Å². The summed E-state index contributed by atoms with van der Waals surface area (Å²) in [4.78, 5) is 4.60. The van der Waals surface area contributed by atoms with E-state index in [9.17, 15) is 0 Å². The summed E-state index contributed by atoms with van der Waals surface area (Å²) >= 11 is 0.